The van der Waals surface area contributed by atoms with Crippen LogP contribution in [0.5, 0.6) is 11.5 Å². The maximum absolute atomic E-state index is 12.9. The summed E-state index contributed by atoms with van der Waals surface area (Å²) in [7, 11) is 3.16. The number of methoxy groups -OCH3 is 2. The standard InChI is InChI=1S/C16H23BrN2O3.ClH/c1-4-7-19(12-5-6-18-10-12)16(20)11-8-13(21-2)15(17)14(9-11)22-3;/h8-9,12,18H,4-7,10H2,1-3H3;1H. The molecule has 1 N–H and O–H groups in total. The van der Waals surface area contributed by atoms with E-state index in [4.69, 9.17) is 9.47 Å². The van der Waals surface area contributed by atoms with Crippen molar-refractivity contribution in [2.45, 2.75) is 25.8 Å². The minimum absolute atomic E-state index is 0. The van der Waals surface area contributed by atoms with E-state index in [0.717, 1.165) is 36.9 Å². The first-order valence-corrected chi connectivity index (χ1v) is 8.34. The molecule has 0 bridgehead atoms. The quantitative estimate of drug-likeness (QED) is 0.787. The fourth-order valence-electron chi connectivity index (χ4n) is 2.75. The van der Waals surface area contributed by atoms with Crippen LogP contribution in [0.25, 0.3) is 0 Å². The second-order valence-electron chi connectivity index (χ2n) is 5.34. The molecule has 23 heavy (non-hydrogen) atoms. The minimum atomic E-state index is 0. The highest BCUT2D eigenvalue weighted by atomic mass is 79.9. The third kappa shape index (κ3) is 4.52. The third-order valence-corrected chi connectivity index (χ3v) is 4.67. The summed E-state index contributed by atoms with van der Waals surface area (Å²) in [5.74, 6) is 1.23. The van der Waals surface area contributed by atoms with Crippen LogP contribution in [0.15, 0.2) is 16.6 Å². The summed E-state index contributed by atoms with van der Waals surface area (Å²) in [6, 6.07) is 3.79. The van der Waals surface area contributed by atoms with Crippen molar-refractivity contribution in [1.82, 2.24) is 10.2 Å². The van der Waals surface area contributed by atoms with E-state index in [1.54, 1.807) is 26.4 Å². The number of hydrogen-bond acceptors (Lipinski definition) is 4. The molecule has 1 aromatic rings. The highest BCUT2D eigenvalue weighted by molar-refractivity contribution is 9.10. The van der Waals surface area contributed by atoms with Crippen molar-refractivity contribution < 1.29 is 14.3 Å². The number of ether oxygens (including phenoxy) is 2. The number of carbonyl (C=O) groups is 1. The maximum Gasteiger partial charge on any atom is 0.254 e. The largest absolute Gasteiger partial charge is 0.495 e. The van der Waals surface area contributed by atoms with Crippen molar-refractivity contribution in [3.8, 4) is 11.5 Å². The van der Waals surface area contributed by atoms with Gasteiger partial charge in [0.25, 0.3) is 5.91 Å². The van der Waals surface area contributed by atoms with Gasteiger partial charge in [0.1, 0.15) is 16.0 Å². The molecule has 1 aliphatic rings. The molecular weight excluding hydrogens is 384 g/mol. The fourth-order valence-corrected chi connectivity index (χ4v) is 3.31. The van der Waals surface area contributed by atoms with Gasteiger partial charge in [0.05, 0.1) is 14.2 Å². The number of hydrogen-bond donors (Lipinski definition) is 1. The van der Waals surface area contributed by atoms with E-state index in [1.807, 2.05) is 4.90 Å². The first kappa shape index (κ1) is 20.1. The number of nitrogens with one attached hydrogen (secondary N) is 1. The summed E-state index contributed by atoms with van der Waals surface area (Å²) in [6.45, 7) is 4.67. The molecule has 1 saturated heterocycles. The first-order valence-electron chi connectivity index (χ1n) is 7.55. The van der Waals surface area contributed by atoms with E-state index in [0.29, 0.717) is 17.1 Å². The van der Waals surface area contributed by atoms with Gasteiger partial charge in [-0.15, -0.1) is 12.4 Å². The number of rotatable bonds is 6. The highest BCUT2D eigenvalue weighted by Crippen LogP contribution is 2.36. The van der Waals surface area contributed by atoms with Gasteiger partial charge in [-0.25, -0.2) is 0 Å². The summed E-state index contributed by atoms with van der Waals surface area (Å²) in [5.41, 5.74) is 0.595. The molecule has 2 rings (SSSR count). The lowest BCUT2D eigenvalue weighted by Crippen LogP contribution is -2.42. The lowest BCUT2D eigenvalue weighted by Gasteiger charge is -2.28. The topological polar surface area (TPSA) is 50.8 Å². The molecule has 130 valence electrons. The third-order valence-electron chi connectivity index (χ3n) is 3.89. The van der Waals surface area contributed by atoms with E-state index in [9.17, 15) is 4.79 Å². The lowest BCUT2D eigenvalue weighted by molar-refractivity contribution is 0.0691. The Labute approximate surface area is 152 Å². The Morgan fingerprint density at radius 1 is 1.35 bits per heavy atom. The molecule has 0 aliphatic carbocycles. The van der Waals surface area contributed by atoms with E-state index in [1.165, 1.54) is 0 Å². The van der Waals surface area contributed by atoms with Crippen LogP contribution in [0.2, 0.25) is 0 Å². The average Bonchev–Trinajstić information content (AvgIpc) is 3.06. The molecule has 1 unspecified atom stereocenters. The van der Waals surface area contributed by atoms with Gasteiger partial charge in [-0.1, -0.05) is 6.92 Å². The molecule has 5 nitrogen and oxygen atoms in total. The Morgan fingerprint density at radius 2 is 1.96 bits per heavy atom. The lowest BCUT2D eigenvalue weighted by atomic mass is 10.1. The van der Waals surface area contributed by atoms with Crippen LogP contribution in [0.1, 0.15) is 30.1 Å². The summed E-state index contributed by atoms with van der Waals surface area (Å²) < 4.78 is 11.4. The SMILES string of the molecule is CCCN(C(=O)c1cc(OC)c(Br)c(OC)c1)C1CCNC1.Cl. The van der Waals surface area contributed by atoms with Crippen molar-refractivity contribution in [3.63, 3.8) is 0 Å². The van der Waals surface area contributed by atoms with Crippen LogP contribution in [-0.4, -0.2) is 50.7 Å². The zero-order chi connectivity index (χ0) is 16.1. The molecule has 0 saturated carbocycles. The number of nitrogens with zero attached hydrogens (tertiary/aromatic N) is 1. The normalized spacial score (nSPS) is 16.6. The van der Waals surface area contributed by atoms with Crippen LogP contribution in [0.3, 0.4) is 0 Å². The molecule has 0 radical (unpaired) electrons. The monoisotopic (exact) mass is 406 g/mol. The molecule has 1 atom stereocenters. The van der Waals surface area contributed by atoms with Crippen molar-refractivity contribution >= 4 is 34.2 Å². The minimum Gasteiger partial charge on any atom is -0.495 e. The van der Waals surface area contributed by atoms with Gasteiger partial charge in [0.15, 0.2) is 0 Å². The van der Waals surface area contributed by atoms with Crippen LogP contribution >= 0.6 is 28.3 Å². The van der Waals surface area contributed by atoms with Gasteiger partial charge >= 0.3 is 0 Å². The van der Waals surface area contributed by atoms with Gasteiger partial charge < -0.3 is 19.7 Å². The zero-order valence-electron chi connectivity index (χ0n) is 13.7. The molecule has 1 aliphatic heterocycles. The number of halogens is 2. The van der Waals surface area contributed by atoms with Crippen LogP contribution in [-0.2, 0) is 0 Å². The smallest absolute Gasteiger partial charge is 0.254 e. The second-order valence-corrected chi connectivity index (χ2v) is 6.13. The summed E-state index contributed by atoms with van der Waals surface area (Å²) in [6.07, 6.45) is 1.93. The fraction of sp³-hybridized carbons (Fsp3) is 0.562. The first-order chi connectivity index (χ1) is 10.6. The molecule has 0 spiro atoms. The van der Waals surface area contributed by atoms with Gasteiger partial charge in [-0.2, -0.15) is 0 Å². The number of amides is 1. The maximum atomic E-state index is 12.9. The van der Waals surface area contributed by atoms with Gasteiger partial charge in [0, 0.05) is 24.7 Å². The molecule has 1 amide bonds. The van der Waals surface area contributed by atoms with Crippen molar-refractivity contribution in [2.75, 3.05) is 33.9 Å². The number of carbonyl (C=O) groups excluding carboxylic acids is 1. The molecule has 0 aromatic heterocycles. The van der Waals surface area contributed by atoms with Crippen molar-refractivity contribution in [1.29, 1.82) is 0 Å². The van der Waals surface area contributed by atoms with E-state index in [2.05, 4.69) is 28.2 Å². The Balaban J connectivity index is 0.00000264. The van der Waals surface area contributed by atoms with Gasteiger partial charge in [-0.3, -0.25) is 4.79 Å². The predicted octanol–water partition coefficient (Wildman–Crippen LogP) is 3.10. The summed E-state index contributed by atoms with van der Waals surface area (Å²) >= 11 is 3.43. The van der Waals surface area contributed by atoms with Crippen LogP contribution in [0, 0.1) is 0 Å². The average molecular weight is 408 g/mol. The Hall–Kier alpha value is -0.980. The van der Waals surface area contributed by atoms with Crippen LogP contribution in [0.4, 0.5) is 0 Å². The van der Waals surface area contributed by atoms with E-state index < -0.39 is 0 Å². The summed E-state index contributed by atoms with van der Waals surface area (Å²) in [5, 5.41) is 3.32. The van der Waals surface area contributed by atoms with Crippen LogP contribution < -0.4 is 14.8 Å². The predicted molar refractivity (Wildman–Crippen MR) is 97.1 cm³/mol. The Kier molecular flexibility index (Phi) is 8.16. The summed E-state index contributed by atoms with van der Waals surface area (Å²) in [4.78, 5) is 14.9. The van der Waals surface area contributed by atoms with Crippen molar-refractivity contribution in [3.05, 3.63) is 22.2 Å². The van der Waals surface area contributed by atoms with E-state index >= 15 is 0 Å². The second kappa shape index (κ2) is 9.35. The molecule has 1 heterocycles. The van der Waals surface area contributed by atoms with Gasteiger partial charge in [0.2, 0.25) is 0 Å². The number of benzene rings is 1. The zero-order valence-corrected chi connectivity index (χ0v) is 16.1. The Bertz CT molecular complexity index is 511. The molecule has 7 heteroatoms. The molecule has 1 fully saturated rings. The van der Waals surface area contributed by atoms with E-state index in [-0.39, 0.29) is 24.4 Å². The van der Waals surface area contributed by atoms with Crippen molar-refractivity contribution in [2.24, 2.45) is 0 Å². The van der Waals surface area contributed by atoms with Gasteiger partial charge in [-0.05, 0) is 47.4 Å². The highest BCUT2D eigenvalue weighted by Gasteiger charge is 2.27. The molecule has 1 aromatic carbocycles. The Morgan fingerprint density at radius 3 is 2.39 bits per heavy atom. The molecular formula is C16H24BrClN2O3.